The number of ether oxygens (including phenoxy) is 1. The van der Waals surface area contributed by atoms with E-state index in [1.807, 2.05) is 24.3 Å². The Morgan fingerprint density at radius 1 is 1.16 bits per heavy atom. The number of carbonyl (C=O) groups is 2. The monoisotopic (exact) mass is 343 g/mol. The molecule has 3 rings (SSSR count). The summed E-state index contributed by atoms with van der Waals surface area (Å²) in [6.07, 6.45) is -0.757. The lowest BCUT2D eigenvalue weighted by atomic mass is 9.93. The first-order chi connectivity index (χ1) is 12.0. The third-order valence-corrected chi connectivity index (χ3v) is 4.30. The number of hydrogen-bond acceptors (Lipinski definition) is 3. The van der Waals surface area contributed by atoms with Crippen LogP contribution in [-0.4, -0.2) is 34.0 Å². The van der Waals surface area contributed by atoms with Gasteiger partial charge in [-0.15, -0.1) is 0 Å². The second-order valence-electron chi connectivity index (χ2n) is 5.98. The Balaban J connectivity index is 1.82. The van der Waals surface area contributed by atoms with Gasteiger partial charge < -0.3 is 14.7 Å². The molecule has 0 aromatic heterocycles. The standard InChI is InChI=1S/C19H18FNO4/c1-12(25-17-9-5-4-8-15(17)20)18(22)21-11-14-7-3-2-6-13(14)10-16(21)19(23)24/h2-9,12,16H,10-11H2,1H3,(H,23,24). The molecule has 5 nitrogen and oxygen atoms in total. The van der Waals surface area contributed by atoms with E-state index in [4.69, 9.17) is 4.74 Å². The van der Waals surface area contributed by atoms with Gasteiger partial charge in [0.05, 0.1) is 0 Å². The zero-order chi connectivity index (χ0) is 18.0. The summed E-state index contributed by atoms with van der Waals surface area (Å²) in [7, 11) is 0. The number of amides is 1. The van der Waals surface area contributed by atoms with Crippen LogP contribution in [-0.2, 0) is 22.6 Å². The zero-order valence-corrected chi connectivity index (χ0v) is 13.7. The number of halogens is 1. The van der Waals surface area contributed by atoms with Gasteiger partial charge in [0.15, 0.2) is 17.7 Å². The van der Waals surface area contributed by atoms with Crippen LogP contribution in [0.25, 0.3) is 0 Å². The van der Waals surface area contributed by atoms with Crippen LogP contribution in [0.5, 0.6) is 5.75 Å². The zero-order valence-electron chi connectivity index (χ0n) is 13.7. The predicted molar refractivity (Wildman–Crippen MR) is 88.6 cm³/mol. The van der Waals surface area contributed by atoms with Crippen molar-refractivity contribution < 1.29 is 23.8 Å². The molecule has 1 amide bonds. The van der Waals surface area contributed by atoms with E-state index in [1.165, 1.54) is 30.0 Å². The van der Waals surface area contributed by atoms with Gasteiger partial charge in [-0.2, -0.15) is 0 Å². The number of carboxylic acid groups (broad SMARTS) is 1. The number of hydrogen-bond donors (Lipinski definition) is 1. The summed E-state index contributed by atoms with van der Waals surface area (Å²) in [4.78, 5) is 25.7. The largest absolute Gasteiger partial charge is 0.480 e. The lowest BCUT2D eigenvalue weighted by Gasteiger charge is -2.35. The van der Waals surface area contributed by atoms with Crippen molar-refractivity contribution in [3.05, 3.63) is 65.5 Å². The van der Waals surface area contributed by atoms with E-state index in [2.05, 4.69) is 0 Å². The average molecular weight is 343 g/mol. The topological polar surface area (TPSA) is 66.8 Å². The molecule has 1 N–H and O–H groups in total. The molecule has 2 aromatic rings. The summed E-state index contributed by atoms with van der Waals surface area (Å²) in [5.41, 5.74) is 1.83. The Kier molecular flexibility index (Phi) is 4.70. The molecule has 0 radical (unpaired) electrons. The Hall–Kier alpha value is -2.89. The first-order valence-electron chi connectivity index (χ1n) is 7.98. The SMILES string of the molecule is CC(Oc1ccccc1F)C(=O)N1Cc2ccccc2CC1C(=O)O. The van der Waals surface area contributed by atoms with Gasteiger partial charge >= 0.3 is 5.97 Å². The molecule has 0 fully saturated rings. The van der Waals surface area contributed by atoms with Crippen LogP contribution in [0.15, 0.2) is 48.5 Å². The highest BCUT2D eigenvalue weighted by molar-refractivity contribution is 5.87. The highest BCUT2D eigenvalue weighted by Crippen LogP contribution is 2.25. The molecule has 1 aliphatic heterocycles. The quantitative estimate of drug-likeness (QED) is 0.927. The van der Waals surface area contributed by atoms with Crippen molar-refractivity contribution in [2.24, 2.45) is 0 Å². The Labute approximate surface area is 144 Å². The molecule has 0 bridgehead atoms. The molecule has 6 heteroatoms. The molecule has 130 valence electrons. The maximum absolute atomic E-state index is 13.7. The molecule has 25 heavy (non-hydrogen) atoms. The lowest BCUT2D eigenvalue weighted by Crippen LogP contribution is -2.52. The van der Waals surface area contributed by atoms with Gasteiger partial charge in [-0.25, -0.2) is 9.18 Å². The smallest absolute Gasteiger partial charge is 0.326 e. The maximum atomic E-state index is 13.7. The average Bonchev–Trinajstić information content (AvgIpc) is 2.61. The van der Waals surface area contributed by atoms with Crippen LogP contribution in [0.3, 0.4) is 0 Å². The van der Waals surface area contributed by atoms with Crippen molar-refractivity contribution in [3.8, 4) is 5.75 Å². The molecular formula is C19H18FNO4. The number of benzene rings is 2. The molecule has 2 aromatic carbocycles. The molecule has 0 aliphatic carbocycles. The number of fused-ring (bicyclic) bond motifs is 1. The van der Waals surface area contributed by atoms with Gasteiger partial charge in [-0.1, -0.05) is 36.4 Å². The Morgan fingerprint density at radius 3 is 2.48 bits per heavy atom. The Bertz CT molecular complexity index is 808. The molecule has 2 atom stereocenters. The van der Waals surface area contributed by atoms with Crippen LogP contribution >= 0.6 is 0 Å². The van der Waals surface area contributed by atoms with Crippen LogP contribution in [0.2, 0.25) is 0 Å². The van der Waals surface area contributed by atoms with Gasteiger partial charge in [0.1, 0.15) is 6.04 Å². The minimum atomic E-state index is -1.07. The molecule has 1 aliphatic rings. The van der Waals surface area contributed by atoms with Crippen LogP contribution in [0.4, 0.5) is 4.39 Å². The second-order valence-corrected chi connectivity index (χ2v) is 5.98. The van der Waals surface area contributed by atoms with Gasteiger partial charge in [0.25, 0.3) is 5.91 Å². The highest BCUT2D eigenvalue weighted by Gasteiger charge is 2.37. The first kappa shape index (κ1) is 17.0. The van der Waals surface area contributed by atoms with E-state index >= 15 is 0 Å². The number of nitrogens with zero attached hydrogens (tertiary/aromatic N) is 1. The number of carbonyl (C=O) groups excluding carboxylic acids is 1. The molecule has 2 unspecified atom stereocenters. The van der Waals surface area contributed by atoms with Crippen LogP contribution in [0, 0.1) is 5.82 Å². The molecule has 1 heterocycles. The lowest BCUT2D eigenvalue weighted by molar-refractivity contribution is -0.154. The molecule has 0 spiro atoms. The summed E-state index contributed by atoms with van der Waals surface area (Å²) >= 11 is 0. The maximum Gasteiger partial charge on any atom is 0.326 e. The van der Waals surface area contributed by atoms with Gasteiger partial charge in [0.2, 0.25) is 0 Å². The summed E-state index contributed by atoms with van der Waals surface area (Å²) < 4.78 is 19.1. The van der Waals surface area contributed by atoms with Gasteiger partial charge in [-0.3, -0.25) is 4.79 Å². The van der Waals surface area contributed by atoms with Gasteiger partial charge in [0, 0.05) is 13.0 Å². The van der Waals surface area contributed by atoms with E-state index in [9.17, 15) is 19.1 Å². The van der Waals surface area contributed by atoms with Crippen LogP contribution in [0.1, 0.15) is 18.1 Å². The number of rotatable bonds is 4. The number of para-hydroxylation sites is 1. The highest BCUT2D eigenvalue weighted by atomic mass is 19.1. The summed E-state index contributed by atoms with van der Waals surface area (Å²) in [6.45, 7) is 1.69. The van der Waals surface area contributed by atoms with E-state index in [-0.39, 0.29) is 18.7 Å². The number of aliphatic carboxylic acids is 1. The molecule has 0 saturated heterocycles. The minimum Gasteiger partial charge on any atom is -0.480 e. The van der Waals surface area contributed by atoms with E-state index in [0.717, 1.165) is 11.1 Å². The predicted octanol–water partition coefficient (Wildman–Crippen LogP) is 2.63. The third-order valence-electron chi connectivity index (χ3n) is 4.30. The van der Waals surface area contributed by atoms with Crippen molar-refractivity contribution in [3.63, 3.8) is 0 Å². The summed E-state index contributed by atoms with van der Waals surface area (Å²) in [5.74, 6) is -2.15. The van der Waals surface area contributed by atoms with Crippen molar-refractivity contribution in [1.82, 2.24) is 4.90 Å². The van der Waals surface area contributed by atoms with Crippen molar-refractivity contribution in [2.45, 2.75) is 32.0 Å². The van der Waals surface area contributed by atoms with Crippen LogP contribution < -0.4 is 4.74 Å². The summed E-state index contributed by atoms with van der Waals surface area (Å²) in [5, 5.41) is 9.50. The second kappa shape index (κ2) is 6.93. The summed E-state index contributed by atoms with van der Waals surface area (Å²) in [6, 6.07) is 12.3. The van der Waals surface area contributed by atoms with Crippen molar-refractivity contribution >= 4 is 11.9 Å². The van der Waals surface area contributed by atoms with E-state index in [0.29, 0.717) is 0 Å². The fourth-order valence-electron chi connectivity index (χ4n) is 2.99. The normalized spacial score (nSPS) is 17.5. The van der Waals surface area contributed by atoms with Gasteiger partial charge in [-0.05, 0) is 30.2 Å². The fourth-order valence-corrected chi connectivity index (χ4v) is 2.99. The first-order valence-corrected chi connectivity index (χ1v) is 7.98. The number of carboxylic acids is 1. The van der Waals surface area contributed by atoms with E-state index in [1.54, 1.807) is 6.07 Å². The third kappa shape index (κ3) is 3.47. The van der Waals surface area contributed by atoms with Crippen molar-refractivity contribution in [1.29, 1.82) is 0 Å². The molecule has 0 saturated carbocycles. The minimum absolute atomic E-state index is 0.0346. The Morgan fingerprint density at radius 2 is 1.80 bits per heavy atom. The molecular weight excluding hydrogens is 325 g/mol. The fraction of sp³-hybridized carbons (Fsp3) is 0.263. The van der Waals surface area contributed by atoms with E-state index < -0.39 is 29.8 Å². The van der Waals surface area contributed by atoms with Crippen molar-refractivity contribution in [2.75, 3.05) is 0 Å².